The number of nitrogens with two attached hydrogens (primary N) is 1. The summed E-state index contributed by atoms with van der Waals surface area (Å²) in [5.74, 6) is 3.71. The third kappa shape index (κ3) is 3.01. The first kappa shape index (κ1) is 15.4. The summed E-state index contributed by atoms with van der Waals surface area (Å²) in [5.41, 5.74) is 3.50. The van der Waals surface area contributed by atoms with Gasteiger partial charge in [-0.3, -0.25) is 5.84 Å². The summed E-state index contributed by atoms with van der Waals surface area (Å²) in [5, 5.41) is 0.475. The molecular formula is C14H12BrClF2N2. The fraction of sp³-hybridized carbons (Fsp3) is 0.143. The van der Waals surface area contributed by atoms with Crippen molar-refractivity contribution in [2.45, 2.75) is 13.0 Å². The van der Waals surface area contributed by atoms with Crippen LogP contribution in [0.4, 0.5) is 8.78 Å². The molecule has 0 aliphatic heterocycles. The molecule has 0 fully saturated rings. The molecule has 1 atom stereocenters. The Kier molecular flexibility index (Phi) is 4.75. The van der Waals surface area contributed by atoms with Crippen LogP contribution in [0.1, 0.15) is 22.7 Å². The maximum Gasteiger partial charge on any atom is 0.164 e. The summed E-state index contributed by atoms with van der Waals surface area (Å²) in [6.45, 7) is 1.50. The van der Waals surface area contributed by atoms with E-state index in [-0.39, 0.29) is 11.1 Å². The lowest BCUT2D eigenvalue weighted by molar-refractivity contribution is 0.478. The number of hydrogen-bond donors (Lipinski definition) is 2. The maximum atomic E-state index is 14.1. The lowest BCUT2D eigenvalue weighted by atomic mass is 9.97. The molecule has 0 amide bonds. The molecule has 0 heterocycles. The van der Waals surface area contributed by atoms with E-state index in [9.17, 15) is 8.78 Å². The fourth-order valence-electron chi connectivity index (χ4n) is 1.99. The highest BCUT2D eigenvalue weighted by molar-refractivity contribution is 9.10. The van der Waals surface area contributed by atoms with Crippen LogP contribution in [0.25, 0.3) is 0 Å². The molecule has 0 radical (unpaired) electrons. The third-order valence-electron chi connectivity index (χ3n) is 3.00. The molecular weight excluding hydrogens is 350 g/mol. The zero-order chi connectivity index (χ0) is 14.9. The number of rotatable bonds is 3. The summed E-state index contributed by atoms with van der Waals surface area (Å²) in [7, 11) is 0. The molecule has 0 saturated heterocycles. The smallest absolute Gasteiger partial charge is 0.164 e. The Bertz CT molecular complexity index is 629. The van der Waals surface area contributed by atoms with Crippen LogP contribution in [0.5, 0.6) is 0 Å². The summed E-state index contributed by atoms with van der Waals surface area (Å²) < 4.78 is 28.5. The van der Waals surface area contributed by atoms with Crippen LogP contribution in [0.2, 0.25) is 5.02 Å². The van der Waals surface area contributed by atoms with Crippen molar-refractivity contribution in [3.63, 3.8) is 0 Å². The Labute approximate surface area is 129 Å². The van der Waals surface area contributed by atoms with Crippen LogP contribution >= 0.6 is 27.5 Å². The maximum absolute atomic E-state index is 14.1. The molecule has 0 aliphatic rings. The van der Waals surface area contributed by atoms with Gasteiger partial charge in [0.15, 0.2) is 11.6 Å². The van der Waals surface area contributed by atoms with Crippen LogP contribution in [-0.4, -0.2) is 0 Å². The predicted octanol–water partition coefficient (Wildman–Crippen LogP) is 4.24. The largest absolute Gasteiger partial charge is 0.271 e. The number of halogens is 4. The highest BCUT2D eigenvalue weighted by Crippen LogP contribution is 2.30. The second-order valence-electron chi connectivity index (χ2n) is 4.40. The van der Waals surface area contributed by atoms with E-state index in [0.29, 0.717) is 10.6 Å². The average Bonchev–Trinajstić information content (AvgIpc) is 2.38. The molecule has 0 saturated carbocycles. The van der Waals surface area contributed by atoms with Crippen molar-refractivity contribution in [1.82, 2.24) is 5.43 Å². The molecule has 1 unspecified atom stereocenters. The number of hydrazine groups is 1. The third-order valence-corrected chi connectivity index (χ3v) is 3.68. The SMILES string of the molecule is Cc1ccc(C(NN)c2cc(Cl)cc(Br)c2)c(F)c1F. The van der Waals surface area contributed by atoms with Gasteiger partial charge in [0.1, 0.15) is 0 Å². The van der Waals surface area contributed by atoms with Crippen LogP contribution in [0.3, 0.4) is 0 Å². The molecule has 20 heavy (non-hydrogen) atoms. The average molecular weight is 362 g/mol. The Balaban J connectivity index is 2.55. The van der Waals surface area contributed by atoms with Crippen molar-refractivity contribution < 1.29 is 8.78 Å². The predicted molar refractivity (Wildman–Crippen MR) is 79.4 cm³/mol. The van der Waals surface area contributed by atoms with E-state index in [4.69, 9.17) is 17.4 Å². The number of nitrogens with one attached hydrogen (secondary N) is 1. The Morgan fingerprint density at radius 2 is 1.90 bits per heavy atom. The Morgan fingerprint density at radius 1 is 1.20 bits per heavy atom. The molecule has 0 spiro atoms. The molecule has 3 N–H and O–H groups in total. The Hall–Kier alpha value is -1.01. The van der Waals surface area contributed by atoms with Gasteiger partial charge in [0.25, 0.3) is 0 Å². The van der Waals surface area contributed by atoms with Gasteiger partial charge in [-0.15, -0.1) is 0 Å². The van der Waals surface area contributed by atoms with Gasteiger partial charge in [-0.05, 0) is 36.2 Å². The van der Waals surface area contributed by atoms with E-state index < -0.39 is 17.7 Å². The van der Waals surface area contributed by atoms with E-state index in [1.165, 1.54) is 19.1 Å². The monoisotopic (exact) mass is 360 g/mol. The minimum atomic E-state index is -0.913. The molecule has 2 aromatic rings. The summed E-state index contributed by atoms with van der Waals surface area (Å²) >= 11 is 9.28. The molecule has 0 bridgehead atoms. The van der Waals surface area contributed by atoms with Crippen molar-refractivity contribution in [1.29, 1.82) is 0 Å². The minimum Gasteiger partial charge on any atom is -0.271 e. The van der Waals surface area contributed by atoms with Gasteiger partial charge >= 0.3 is 0 Å². The van der Waals surface area contributed by atoms with Gasteiger partial charge in [0.05, 0.1) is 6.04 Å². The molecule has 0 aliphatic carbocycles. The number of aryl methyl sites for hydroxylation is 1. The normalized spacial score (nSPS) is 12.5. The second-order valence-corrected chi connectivity index (χ2v) is 5.75. The van der Waals surface area contributed by atoms with Crippen LogP contribution in [0, 0.1) is 18.6 Å². The number of benzene rings is 2. The molecule has 106 valence electrons. The minimum absolute atomic E-state index is 0.129. The Morgan fingerprint density at radius 3 is 2.50 bits per heavy atom. The molecule has 2 nitrogen and oxygen atoms in total. The van der Waals surface area contributed by atoms with Crippen molar-refractivity contribution in [3.8, 4) is 0 Å². The van der Waals surface area contributed by atoms with E-state index in [1.54, 1.807) is 18.2 Å². The first-order valence-electron chi connectivity index (χ1n) is 5.80. The second kappa shape index (κ2) is 6.18. The molecule has 6 heteroatoms. The van der Waals surface area contributed by atoms with Crippen molar-refractivity contribution in [3.05, 3.63) is 68.2 Å². The first-order valence-corrected chi connectivity index (χ1v) is 6.97. The zero-order valence-electron chi connectivity index (χ0n) is 10.6. The summed E-state index contributed by atoms with van der Waals surface area (Å²) in [4.78, 5) is 0. The first-order chi connectivity index (χ1) is 9.43. The molecule has 2 rings (SSSR count). The van der Waals surface area contributed by atoms with Crippen LogP contribution in [0.15, 0.2) is 34.8 Å². The van der Waals surface area contributed by atoms with Crippen molar-refractivity contribution >= 4 is 27.5 Å². The standard InChI is InChI=1S/C14H12BrClF2N2/c1-7-2-3-11(13(18)12(7)17)14(20-19)8-4-9(15)6-10(16)5-8/h2-6,14,20H,19H2,1H3. The lowest BCUT2D eigenvalue weighted by Crippen LogP contribution is -2.29. The quantitative estimate of drug-likeness (QED) is 0.634. The van der Waals surface area contributed by atoms with Crippen LogP contribution in [-0.2, 0) is 0 Å². The van der Waals surface area contributed by atoms with E-state index in [0.717, 1.165) is 4.47 Å². The summed E-state index contributed by atoms with van der Waals surface area (Å²) in [6, 6.07) is 7.41. The number of hydrogen-bond acceptors (Lipinski definition) is 2. The van der Waals surface area contributed by atoms with E-state index in [2.05, 4.69) is 21.4 Å². The van der Waals surface area contributed by atoms with Gasteiger partial charge < -0.3 is 0 Å². The van der Waals surface area contributed by atoms with Gasteiger partial charge in [0.2, 0.25) is 0 Å². The molecule has 2 aromatic carbocycles. The van der Waals surface area contributed by atoms with Gasteiger partial charge in [-0.2, -0.15) is 0 Å². The lowest BCUT2D eigenvalue weighted by Gasteiger charge is -2.19. The highest BCUT2D eigenvalue weighted by Gasteiger charge is 2.20. The van der Waals surface area contributed by atoms with Gasteiger partial charge in [0, 0.05) is 15.1 Å². The molecule has 0 aromatic heterocycles. The van der Waals surface area contributed by atoms with E-state index >= 15 is 0 Å². The fourth-order valence-corrected chi connectivity index (χ4v) is 2.88. The van der Waals surface area contributed by atoms with Crippen LogP contribution < -0.4 is 11.3 Å². The topological polar surface area (TPSA) is 38.0 Å². The van der Waals surface area contributed by atoms with Gasteiger partial charge in [-0.25, -0.2) is 14.2 Å². The summed E-state index contributed by atoms with van der Waals surface area (Å²) in [6.07, 6.45) is 0. The van der Waals surface area contributed by atoms with E-state index in [1.807, 2.05) is 0 Å². The van der Waals surface area contributed by atoms with Crippen molar-refractivity contribution in [2.75, 3.05) is 0 Å². The zero-order valence-corrected chi connectivity index (χ0v) is 12.9. The van der Waals surface area contributed by atoms with Gasteiger partial charge in [-0.1, -0.05) is 39.7 Å². The van der Waals surface area contributed by atoms with Crippen molar-refractivity contribution in [2.24, 2.45) is 5.84 Å². The highest BCUT2D eigenvalue weighted by atomic mass is 79.9.